The summed E-state index contributed by atoms with van der Waals surface area (Å²) >= 11 is 1.18. The first-order chi connectivity index (χ1) is 10.9. The van der Waals surface area contributed by atoms with Gasteiger partial charge in [0, 0.05) is 17.6 Å². The number of carbonyl (C=O) groups is 1. The molecule has 4 nitrogen and oxygen atoms in total. The molecule has 0 radical (unpaired) electrons. The molecule has 2 aromatic rings. The summed E-state index contributed by atoms with van der Waals surface area (Å²) in [4.78, 5) is 16.2. The highest BCUT2D eigenvalue weighted by Gasteiger charge is 2.30. The lowest BCUT2D eigenvalue weighted by molar-refractivity contribution is -0.137. The first kappa shape index (κ1) is 15.9. The maximum absolute atomic E-state index is 12.7. The van der Waals surface area contributed by atoms with Gasteiger partial charge in [-0.25, -0.2) is 4.98 Å². The molecule has 1 saturated heterocycles. The maximum atomic E-state index is 12.7. The Morgan fingerprint density at radius 1 is 1.39 bits per heavy atom. The van der Waals surface area contributed by atoms with Crippen molar-refractivity contribution < 1.29 is 22.7 Å². The molecule has 122 valence electrons. The van der Waals surface area contributed by atoms with Crippen molar-refractivity contribution in [3.8, 4) is 11.3 Å². The number of halogens is 3. The standard InChI is InChI=1S/C15H13F3N2O2S/c16-15(17,18)11-3-1-2-9(6-11)12-8-23-14(19-12)20-13(21)10-4-5-22-7-10/h1-3,6,8,10H,4-5,7H2,(H,19,20,21). The summed E-state index contributed by atoms with van der Waals surface area (Å²) < 4.78 is 43.4. The SMILES string of the molecule is O=C(Nc1nc(-c2cccc(C(F)(F)F)c2)cs1)C1CCOC1. The van der Waals surface area contributed by atoms with Gasteiger partial charge in [0.05, 0.1) is 23.8 Å². The van der Waals surface area contributed by atoms with Crippen molar-refractivity contribution in [1.82, 2.24) is 4.98 Å². The fourth-order valence-electron chi connectivity index (χ4n) is 2.27. The van der Waals surface area contributed by atoms with Crippen molar-refractivity contribution in [1.29, 1.82) is 0 Å². The van der Waals surface area contributed by atoms with E-state index >= 15 is 0 Å². The van der Waals surface area contributed by atoms with E-state index in [-0.39, 0.29) is 11.8 Å². The number of hydrogen-bond acceptors (Lipinski definition) is 4. The fourth-order valence-corrected chi connectivity index (χ4v) is 2.99. The predicted molar refractivity (Wildman–Crippen MR) is 80.1 cm³/mol. The zero-order chi connectivity index (χ0) is 16.4. The second kappa shape index (κ2) is 6.29. The van der Waals surface area contributed by atoms with E-state index < -0.39 is 11.7 Å². The number of amides is 1. The minimum atomic E-state index is -4.40. The lowest BCUT2D eigenvalue weighted by Gasteiger charge is -2.07. The zero-order valence-corrected chi connectivity index (χ0v) is 12.7. The highest BCUT2D eigenvalue weighted by Crippen LogP contribution is 2.33. The van der Waals surface area contributed by atoms with E-state index in [0.29, 0.717) is 36.0 Å². The Bertz CT molecular complexity index is 709. The average Bonchev–Trinajstić information content (AvgIpc) is 3.18. The molecule has 0 saturated carbocycles. The molecule has 23 heavy (non-hydrogen) atoms. The number of nitrogens with one attached hydrogen (secondary N) is 1. The van der Waals surface area contributed by atoms with Gasteiger partial charge in [0.2, 0.25) is 5.91 Å². The number of aromatic nitrogens is 1. The van der Waals surface area contributed by atoms with Crippen molar-refractivity contribution in [3.05, 3.63) is 35.2 Å². The zero-order valence-electron chi connectivity index (χ0n) is 11.9. The third kappa shape index (κ3) is 3.70. The Labute approximate surface area is 134 Å². The van der Waals surface area contributed by atoms with Gasteiger partial charge >= 0.3 is 6.18 Å². The number of ether oxygens (including phenoxy) is 1. The molecule has 1 atom stereocenters. The summed E-state index contributed by atoms with van der Waals surface area (Å²) in [5, 5.41) is 4.68. The third-order valence-electron chi connectivity index (χ3n) is 3.52. The van der Waals surface area contributed by atoms with E-state index in [4.69, 9.17) is 4.74 Å². The van der Waals surface area contributed by atoms with Gasteiger partial charge in [-0.1, -0.05) is 12.1 Å². The van der Waals surface area contributed by atoms with E-state index in [9.17, 15) is 18.0 Å². The van der Waals surface area contributed by atoms with Gasteiger partial charge in [0.15, 0.2) is 5.13 Å². The molecule has 3 rings (SSSR count). The van der Waals surface area contributed by atoms with Gasteiger partial charge in [-0.15, -0.1) is 11.3 Å². The smallest absolute Gasteiger partial charge is 0.381 e. The van der Waals surface area contributed by atoms with Crippen molar-refractivity contribution >= 4 is 22.4 Å². The second-order valence-electron chi connectivity index (χ2n) is 5.17. The summed E-state index contributed by atoms with van der Waals surface area (Å²) in [6.45, 7) is 0.948. The number of carbonyl (C=O) groups excluding carboxylic acids is 1. The highest BCUT2D eigenvalue weighted by atomic mass is 32.1. The van der Waals surface area contributed by atoms with Crippen LogP contribution in [-0.4, -0.2) is 24.1 Å². The van der Waals surface area contributed by atoms with Crippen molar-refractivity contribution in [2.45, 2.75) is 12.6 Å². The Hall–Kier alpha value is -1.93. The second-order valence-corrected chi connectivity index (χ2v) is 6.02. The van der Waals surface area contributed by atoms with Gasteiger partial charge < -0.3 is 10.1 Å². The van der Waals surface area contributed by atoms with Crippen LogP contribution in [0.15, 0.2) is 29.6 Å². The number of benzene rings is 1. The Kier molecular flexibility index (Phi) is 4.36. The molecule has 1 unspecified atom stereocenters. The van der Waals surface area contributed by atoms with Crippen molar-refractivity contribution in [2.75, 3.05) is 18.5 Å². The van der Waals surface area contributed by atoms with Crippen molar-refractivity contribution in [3.63, 3.8) is 0 Å². The molecule has 1 amide bonds. The first-order valence-electron chi connectivity index (χ1n) is 6.95. The van der Waals surface area contributed by atoms with E-state index in [1.807, 2.05) is 0 Å². The van der Waals surface area contributed by atoms with E-state index in [1.54, 1.807) is 11.4 Å². The number of hydrogen-bond donors (Lipinski definition) is 1. The number of thiazole rings is 1. The third-order valence-corrected chi connectivity index (χ3v) is 4.28. The normalized spacial score (nSPS) is 18.1. The lowest BCUT2D eigenvalue weighted by atomic mass is 10.1. The fraction of sp³-hybridized carbons (Fsp3) is 0.333. The monoisotopic (exact) mass is 342 g/mol. The van der Waals surface area contributed by atoms with Crippen LogP contribution in [0, 0.1) is 5.92 Å². The molecule has 1 aromatic heterocycles. The van der Waals surface area contributed by atoms with Gasteiger partial charge in [0.25, 0.3) is 0 Å². The molecule has 2 heterocycles. The molecule has 1 aromatic carbocycles. The number of anilines is 1. The molecule has 8 heteroatoms. The van der Waals surface area contributed by atoms with Crippen LogP contribution in [-0.2, 0) is 15.7 Å². The van der Waals surface area contributed by atoms with E-state index in [1.165, 1.54) is 17.4 Å². The molecule has 1 aliphatic rings. The summed E-state index contributed by atoms with van der Waals surface area (Å²) in [6.07, 6.45) is -3.73. The summed E-state index contributed by atoms with van der Waals surface area (Å²) in [6, 6.07) is 4.95. The first-order valence-corrected chi connectivity index (χ1v) is 7.83. The minimum Gasteiger partial charge on any atom is -0.381 e. The lowest BCUT2D eigenvalue weighted by Crippen LogP contribution is -2.22. The van der Waals surface area contributed by atoms with Crippen LogP contribution in [0.5, 0.6) is 0 Å². The van der Waals surface area contributed by atoms with Gasteiger partial charge in [0.1, 0.15) is 0 Å². The largest absolute Gasteiger partial charge is 0.416 e. The predicted octanol–water partition coefficient (Wildman–Crippen LogP) is 3.80. The maximum Gasteiger partial charge on any atom is 0.416 e. The highest BCUT2D eigenvalue weighted by molar-refractivity contribution is 7.14. The van der Waals surface area contributed by atoms with Crippen LogP contribution in [0.4, 0.5) is 18.3 Å². The number of nitrogens with zero attached hydrogens (tertiary/aromatic N) is 1. The molecule has 0 bridgehead atoms. The molecule has 1 aliphatic heterocycles. The molecular weight excluding hydrogens is 329 g/mol. The molecule has 0 aliphatic carbocycles. The van der Waals surface area contributed by atoms with Crippen LogP contribution in [0.2, 0.25) is 0 Å². The summed E-state index contributed by atoms with van der Waals surface area (Å²) in [7, 11) is 0. The number of rotatable bonds is 3. The van der Waals surface area contributed by atoms with Gasteiger partial charge in [-0.2, -0.15) is 13.2 Å². The van der Waals surface area contributed by atoms with Crippen LogP contribution in [0.1, 0.15) is 12.0 Å². The van der Waals surface area contributed by atoms with E-state index in [0.717, 1.165) is 12.1 Å². The van der Waals surface area contributed by atoms with Crippen LogP contribution >= 0.6 is 11.3 Å². The Balaban J connectivity index is 1.75. The molecular formula is C15H13F3N2O2S. The Morgan fingerprint density at radius 2 is 2.22 bits per heavy atom. The topological polar surface area (TPSA) is 51.2 Å². The van der Waals surface area contributed by atoms with Crippen LogP contribution < -0.4 is 5.32 Å². The van der Waals surface area contributed by atoms with Gasteiger partial charge in [-0.05, 0) is 18.6 Å². The van der Waals surface area contributed by atoms with Crippen LogP contribution in [0.3, 0.4) is 0 Å². The quantitative estimate of drug-likeness (QED) is 0.923. The number of alkyl halides is 3. The molecule has 1 N–H and O–H groups in total. The van der Waals surface area contributed by atoms with Crippen LogP contribution in [0.25, 0.3) is 11.3 Å². The summed E-state index contributed by atoms with van der Waals surface area (Å²) in [5.74, 6) is -0.372. The molecule has 0 spiro atoms. The van der Waals surface area contributed by atoms with E-state index in [2.05, 4.69) is 10.3 Å². The average molecular weight is 342 g/mol. The summed E-state index contributed by atoms with van der Waals surface area (Å²) in [5.41, 5.74) is 0.0385. The van der Waals surface area contributed by atoms with Crippen molar-refractivity contribution in [2.24, 2.45) is 5.92 Å². The minimum absolute atomic E-state index is 0.174. The molecule has 1 fully saturated rings. The Morgan fingerprint density at radius 3 is 2.91 bits per heavy atom. The van der Waals surface area contributed by atoms with Gasteiger partial charge in [-0.3, -0.25) is 4.79 Å².